The molecule has 56 valence electrons. The van der Waals surface area contributed by atoms with Crippen molar-refractivity contribution in [1.29, 1.82) is 0 Å². The minimum absolute atomic E-state index is 0.807. The van der Waals surface area contributed by atoms with E-state index in [1.54, 1.807) is 0 Å². The van der Waals surface area contributed by atoms with Gasteiger partial charge in [-0.3, -0.25) is 4.99 Å². The van der Waals surface area contributed by atoms with Gasteiger partial charge in [-0.1, -0.05) is 12.2 Å². The van der Waals surface area contributed by atoms with Crippen LogP contribution in [0.3, 0.4) is 0 Å². The fourth-order valence-electron chi connectivity index (χ4n) is 1.13. The van der Waals surface area contributed by atoms with Crippen LogP contribution in [0, 0.1) is 5.92 Å². The first kappa shape index (κ1) is 7.52. The first-order chi connectivity index (χ1) is 4.74. The molecule has 1 nitrogen and oxygen atoms in total. The zero-order valence-corrected chi connectivity index (χ0v) is 6.85. The molecule has 10 heavy (non-hydrogen) atoms. The molecule has 1 heteroatoms. The van der Waals surface area contributed by atoms with Gasteiger partial charge in [0.1, 0.15) is 0 Å². The Kier molecular flexibility index (Phi) is 2.25. The normalized spacial score (nSPS) is 19.2. The molecule has 0 heterocycles. The van der Waals surface area contributed by atoms with Crippen molar-refractivity contribution in [3.63, 3.8) is 0 Å². The second-order valence-corrected chi connectivity index (χ2v) is 3.12. The highest BCUT2D eigenvalue weighted by Crippen LogP contribution is 2.32. The van der Waals surface area contributed by atoms with Crippen LogP contribution in [-0.4, -0.2) is 12.8 Å². The first-order valence-corrected chi connectivity index (χ1v) is 3.84. The number of hydrogen-bond acceptors (Lipinski definition) is 1. The summed E-state index contributed by atoms with van der Waals surface area (Å²) in [6.07, 6.45) is 3.71. The standard InChI is InChI=1S/C9H15N/c1-7(2)6-9(10-3)8-4-5-8/h8H,1,4-6H2,2-3H3. The van der Waals surface area contributed by atoms with Crippen molar-refractivity contribution in [2.24, 2.45) is 10.9 Å². The van der Waals surface area contributed by atoms with Crippen LogP contribution < -0.4 is 0 Å². The van der Waals surface area contributed by atoms with Crippen LogP contribution in [0.1, 0.15) is 26.2 Å². The molecule has 0 aliphatic heterocycles. The van der Waals surface area contributed by atoms with Gasteiger partial charge in [0.15, 0.2) is 0 Å². The summed E-state index contributed by atoms with van der Waals surface area (Å²) in [5, 5.41) is 0. The molecular weight excluding hydrogens is 122 g/mol. The lowest BCUT2D eigenvalue weighted by Crippen LogP contribution is -2.00. The van der Waals surface area contributed by atoms with E-state index < -0.39 is 0 Å². The van der Waals surface area contributed by atoms with Gasteiger partial charge in [0, 0.05) is 19.2 Å². The molecule has 0 bridgehead atoms. The quantitative estimate of drug-likeness (QED) is 0.418. The monoisotopic (exact) mass is 137 g/mol. The fraction of sp³-hybridized carbons (Fsp3) is 0.667. The summed E-state index contributed by atoms with van der Waals surface area (Å²) in [6.45, 7) is 5.94. The Balaban J connectivity index is 2.41. The largest absolute Gasteiger partial charge is 0.297 e. The maximum atomic E-state index is 4.25. The fourth-order valence-corrected chi connectivity index (χ4v) is 1.13. The topological polar surface area (TPSA) is 12.4 Å². The number of hydrogen-bond donors (Lipinski definition) is 0. The highest BCUT2D eigenvalue weighted by Gasteiger charge is 2.26. The summed E-state index contributed by atoms with van der Waals surface area (Å²) in [5.41, 5.74) is 2.58. The van der Waals surface area contributed by atoms with Gasteiger partial charge in [0.25, 0.3) is 0 Å². The molecule has 1 rings (SSSR count). The summed E-state index contributed by atoms with van der Waals surface area (Å²) < 4.78 is 0. The SMILES string of the molecule is C=C(C)CC(=NC)C1CC1. The number of aliphatic imine (C=N–C) groups is 1. The van der Waals surface area contributed by atoms with Crippen molar-refractivity contribution in [1.82, 2.24) is 0 Å². The lowest BCUT2D eigenvalue weighted by molar-refractivity contribution is 1.09. The minimum atomic E-state index is 0.807. The smallest absolute Gasteiger partial charge is 0.0276 e. The molecule has 1 saturated carbocycles. The number of nitrogens with zero attached hydrogens (tertiary/aromatic N) is 1. The van der Waals surface area contributed by atoms with Crippen molar-refractivity contribution in [2.75, 3.05) is 7.05 Å². The number of rotatable bonds is 3. The van der Waals surface area contributed by atoms with E-state index >= 15 is 0 Å². The Bertz CT molecular complexity index is 164. The summed E-state index contributed by atoms with van der Waals surface area (Å²) >= 11 is 0. The van der Waals surface area contributed by atoms with Crippen LogP contribution in [0.25, 0.3) is 0 Å². The van der Waals surface area contributed by atoms with Crippen molar-refractivity contribution >= 4 is 5.71 Å². The van der Waals surface area contributed by atoms with Gasteiger partial charge >= 0.3 is 0 Å². The van der Waals surface area contributed by atoms with E-state index in [4.69, 9.17) is 0 Å². The Morgan fingerprint density at radius 3 is 2.50 bits per heavy atom. The second kappa shape index (κ2) is 3.00. The van der Waals surface area contributed by atoms with E-state index in [0.29, 0.717) is 0 Å². The van der Waals surface area contributed by atoms with Crippen LogP contribution >= 0.6 is 0 Å². The lowest BCUT2D eigenvalue weighted by Gasteiger charge is -2.01. The third-order valence-corrected chi connectivity index (χ3v) is 1.82. The molecule has 0 aromatic rings. The number of allylic oxidation sites excluding steroid dienone is 1. The van der Waals surface area contributed by atoms with Gasteiger partial charge in [0.2, 0.25) is 0 Å². The molecule has 0 amide bonds. The van der Waals surface area contributed by atoms with Crippen LogP contribution in [0.2, 0.25) is 0 Å². The molecule has 0 atom stereocenters. The van der Waals surface area contributed by atoms with Crippen LogP contribution in [0.5, 0.6) is 0 Å². The first-order valence-electron chi connectivity index (χ1n) is 3.84. The summed E-state index contributed by atoms with van der Waals surface area (Å²) in [5.74, 6) is 0.807. The van der Waals surface area contributed by atoms with Crippen molar-refractivity contribution < 1.29 is 0 Å². The van der Waals surface area contributed by atoms with Gasteiger partial charge in [-0.05, 0) is 25.7 Å². The van der Waals surface area contributed by atoms with Gasteiger partial charge in [-0.25, -0.2) is 0 Å². The van der Waals surface area contributed by atoms with Crippen molar-refractivity contribution in [2.45, 2.75) is 26.2 Å². The molecule has 0 spiro atoms. The third kappa shape index (κ3) is 1.98. The Morgan fingerprint density at radius 2 is 2.20 bits per heavy atom. The van der Waals surface area contributed by atoms with Crippen molar-refractivity contribution in [3.05, 3.63) is 12.2 Å². The van der Waals surface area contributed by atoms with Gasteiger partial charge in [-0.2, -0.15) is 0 Å². The molecule has 0 radical (unpaired) electrons. The van der Waals surface area contributed by atoms with Crippen LogP contribution in [0.4, 0.5) is 0 Å². The van der Waals surface area contributed by atoms with E-state index in [0.717, 1.165) is 12.3 Å². The molecule has 0 aromatic heterocycles. The molecule has 0 aromatic carbocycles. The highest BCUT2D eigenvalue weighted by molar-refractivity contribution is 5.90. The van der Waals surface area contributed by atoms with Gasteiger partial charge in [-0.15, -0.1) is 0 Å². The minimum Gasteiger partial charge on any atom is -0.297 e. The van der Waals surface area contributed by atoms with Gasteiger partial charge in [0.05, 0.1) is 0 Å². The van der Waals surface area contributed by atoms with E-state index in [1.165, 1.54) is 24.1 Å². The van der Waals surface area contributed by atoms with E-state index in [-0.39, 0.29) is 0 Å². The lowest BCUT2D eigenvalue weighted by atomic mass is 10.1. The highest BCUT2D eigenvalue weighted by atomic mass is 14.7. The zero-order chi connectivity index (χ0) is 7.56. The average molecular weight is 137 g/mol. The van der Waals surface area contributed by atoms with Crippen molar-refractivity contribution in [3.8, 4) is 0 Å². The predicted octanol–water partition coefficient (Wildman–Crippen LogP) is 2.43. The average Bonchev–Trinajstić information content (AvgIpc) is 2.63. The molecule has 1 aliphatic rings. The molecule has 0 saturated heterocycles. The van der Waals surface area contributed by atoms with Crippen LogP contribution in [-0.2, 0) is 0 Å². The maximum Gasteiger partial charge on any atom is 0.0276 e. The second-order valence-electron chi connectivity index (χ2n) is 3.12. The Morgan fingerprint density at radius 1 is 1.60 bits per heavy atom. The molecular formula is C9H15N. The molecule has 0 unspecified atom stereocenters. The summed E-state index contributed by atoms with van der Waals surface area (Å²) in [7, 11) is 1.89. The zero-order valence-electron chi connectivity index (χ0n) is 6.85. The Labute approximate surface area is 62.9 Å². The van der Waals surface area contributed by atoms with E-state index in [9.17, 15) is 0 Å². The van der Waals surface area contributed by atoms with E-state index in [2.05, 4.69) is 18.5 Å². The third-order valence-electron chi connectivity index (χ3n) is 1.82. The predicted molar refractivity (Wildman–Crippen MR) is 45.5 cm³/mol. The van der Waals surface area contributed by atoms with Gasteiger partial charge < -0.3 is 0 Å². The summed E-state index contributed by atoms with van der Waals surface area (Å²) in [4.78, 5) is 4.25. The summed E-state index contributed by atoms with van der Waals surface area (Å²) in [6, 6.07) is 0. The van der Waals surface area contributed by atoms with E-state index in [1.807, 2.05) is 7.05 Å². The molecule has 0 N–H and O–H groups in total. The van der Waals surface area contributed by atoms with Crippen LogP contribution in [0.15, 0.2) is 17.1 Å². The molecule has 1 aliphatic carbocycles. The molecule has 1 fully saturated rings. The Hall–Kier alpha value is -0.590. The maximum absolute atomic E-state index is 4.25.